The van der Waals surface area contributed by atoms with E-state index in [2.05, 4.69) is 22.0 Å². The lowest BCUT2D eigenvalue weighted by Gasteiger charge is -2.33. The Hall–Kier alpha value is -2.84. The van der Waals surface area contributed by atoms with Gasteiger partial charge in [0.05, 0.1) is 23.6 Å². The molecule has 0 atom stereocenters. The molecular formula is C21H26N6O2. The second-order valence-corrected chi connectivity index (χ2v) is 7.22. The zero-order valence-corrected chi connectivity index (χ0v) is 17.1. The molecule has 8 nitrogen and oxygen atoms in total. The van der Waals surface area contributed by atoms with Gasteiger partial charge in [-0.15, -0.1) is 10.2 Å². The zero-order chi connectivity index (χ0) is 20.4. The molecule has 3 aromatic rings. The summed E-state index contributed by atoms with van der Waals surface area (Å²) in [5, 5.41) is 13.4. The number of methoxy groups -OCH3 is 1. The summed E-state index contributed by atoms with van der Waals surface area (Å²) in [5.41, 5.74) is 4.34. The van der Waals surface area contributed by atoms with Crippen LogP contribution in [0.5, 0.6) is 0 Å². The van der Waals surface area contributed by atoms with Crippen molar-refractivity contribution in [3.8, 4) is 11.1 Å². The summed E-state index contributed by atoms with van der Waals surface area (Å²) < 4.78 is 7.07. The molecule has 8 heteroatoms. The fourth-order valence-electron chi connectivity index (χ4n) is 3.80. The van der Waals surface area contributed by atoms with Crippen molar-refractivity contribution in [3.63, 3.8) is 0 Å². The third-order valence-corrected chi connectivity index (χ3v) is 5.49. The van der Waals surface area contributed by atoms with E-state index in [0.29, 0.717) is 36.7 Å². The molecular weight excluding hydrogens is 368 g/mol. The quantitative estimate of drug-likeness (QED) is 0.659. The highest BCUT2D eigenvalue weighted by Gasteiger charge is 2.26. The molecule has 0 bridgehead atoms. The van der Waals surface area contributed by atoms with Crippen LogP contribution in [0.15, 0.2) is 30.3 Å². The van der Waals surface area contributed by atoms with Gasteiger partial charge in [0, 0.05) is 33.3 Å². The third kappa shape index (κ3) is 3.61. The summed E-state index contributed by atoms with van der Waals surface area (Å²) in [6, 6.07) is 9.95. The van der Waals surface area contributed by atoms with Crippen LogP contribution in [0.2, 0.25) is 0 Å². The van der Waals surface area contributed by atoms with Gasteiger partial charge in [0.15, 0.2) is 11.3 Å². The van der Waals surface area contributed by atoms with Crippen molar-refractivity contribution in [2.75, 3.05) is 39.8 Å². The van der Waals surface area contributed by atoms with E-state index in [1.54, 1.807) is 11.6 Å². The van der Waals surface area contributed by atoms with Crippen LogP contribution >= 0.6 is 0 Å². The molecule has 0 radical (unpaired) electrons. The third-order valence-electron chi connectivity index (χ3n) is 5.49. The molecule has 1 aliphatic rings. The van der Waals surface area contributed by atoms with Crippen molar-refractivity contribution in [3.05, 3.63) is 47.4 Å². The van der Waals surface area contributed by atoms with Gasteiger partial charge in [0.2, 0.25) is 0 Å². The normalized spacial score (nSPS) is 15.2. The summed E-state index contributed by atoms with van der Waals surface area (Å²) in [7, 11) is 1.64. The minimum atomic E-state index is -0.0855. The number of rotatable bonds is 5. The number of hydrogen-bond donors (Lipinski definition) is 0. The van der Waals surface area contributed by atoms with Crippen LogP contribution in [0.4, 0.5) is 0 Å². The lowest BCUT2D eigenvalue weighted by Crippen LogP contribution is -2.48. The first kappa shape index (κ1) is 19.5. The van der Waals surface area contributed by atoms with Crippen molar-refractivity contribution in [1.82, 2.24) is 29.6 Å². The Bertz CT molecular complexity index is 1010. The molecule has 4 rings (SSSR count). The van der Waals surface area contributed by atoms with Gasteiger partial charge in [0.1, 0.15) is 0 Å². The number of aromatic nitrogens is 4. The summed E-state index contributed by atoms with van der Waals surface area (Å²) in [6.45, 7) is 8.55. The van der Waals surface area contributed by atoms with Gasteiger partial charge in [-0.2, -0.15) is 5.10 Å². The maximum Gasteiger partial charge on any atom is 0.276 e. The molecule has 1 aromatic carbocycles. The number of amides is 1. The van der Waals surface area contributed by atoms with E-state index < -0.39 is 0 Å². The van der Waals surface area contributed by atoms with E-state index in [1.165, 1.54) is 0 Å². The standard InChI is InChI=1S/C21H26N6O2/c1-4-25-10-12-26(13-11-25)21(28)19-15(2)27-20(23-22-19)18(17(24-27)14-29-3)16-8-6-5-7-9-16/h5-9H,4,10-14H2,1-3H3. The molecule has 0 spiro atoms. The molecule has 3 heterocycles. The van der Waals surface area contributed by atoms with Crippen molar-refractivity contribution < 1.29 is 9.53 Å². The smallest absolute Gasteiger partial charge is 0.276 e. The molecule has 2 aromatic heterocycles. The maximum absolute atomic E-state index is 13.1. The van der Waals surface area contributed by atoms with E-state index in [4.69, 9.17) is 9.84 Å². The van der Waals surface area contributed by atoms with E-state index in [-0.39, 0.29) is 5.91 Å². The zero-order valence-electron chi connectivity index (χ0n) is 17.1. The Kier molecular flexibility index (Phi) is 5.55. The number of piperazine rings is 1. The minimum absolute atomic E-state index is 0.0855. The second kappa shape index (κ2) is 8.26. The average Bonchev–Trinajstić information content (AvgIpc) is 3.13. The highest BCUT2D eigenvalue weighted by atomic mass is 16.5. The highest BCUT2D eigenvalue weighted by Crippen LogP contribution is 2.28. The molecule has 1 aliphatic heterocycles. The first-order valence-electron chi connectivity index (χ1n) is 9.95. The van der Waals surface area contributed by atoms with Crippen LogP contribution < -0.4 is 0 Å². The molecule has 1 amide bonds. The van der Waals surface area contributed by atoms with Crippen molar-refractivity contribution in [1.29, 1.82) is 0 Å². The summed E-state index contributed by atoms with van der Waals surface area (Å²) >= 11 is 0. The number of benzene rings is 1. The van der Waals surface area contributed by atoms with E-state index in [9.17, 15) is 4.79 Å². The fraction of sp³-hybridized carbons (Fsp3) is 0.429. The van der Waals surface area contributed by atoms with Gasteiger partial charge in [-0.3, -0.25) is 4.79 Å². The summed E-state index contributed by atoms with van der Waals surface area (Å²) in [5.74, 6) is -0.0855. The SMILES string of the molecule is CCN1CCN(C(=O)c2nnc3c(-c4ccccc4)c(COC)nn3c2C)CC1. The Morgan fingerprint density at radius 3 is 2.48 bits per heavy atom. The van der Waals surface area contributed by atoms with Gasteiger partial charge in [-0.1, -0.05) is 37.3 Å². The van der Waals surface area contributed by atoms with Gasteiger partial charge >= 0.3 is 0 Å². The summed E-state index contributed by atoms with van der Waals surface area (Å²) in [6.07, 6.45) is 0. The van der Waals surface area contributed by atoms with Crippen LogP contribution in [0, 0.1) is 6.92 Å². The van der Waals surface area contributed by atoms with Crippen molar-refractivity contribution in [2.45, 2.75) is 20.5 Å². The van der Waals surface area contributed by atoms with Crippen LogP contribution in [0.1, 0.15) is 28.8 Å². The van der Waals surface area contributed by atoms with Crippen molar-refractivity contribution >= 4 is 11.6 Å². The molecule has 0 N–H and O–H groups in total. The number of ether oxygens (including phenoxy) is 1. The number of fused-ring (bicyclic) bond motifs is 1. The predicted molar refractivity (Wildman–Crippen MR) is 110 cm³/mol. The van der Waals surface area contributed by atoms with Crippen LogP contribution in [-0.2, 0) is 11.3 Å². The number of carbonyl (C=O) groups is 1. The lowest BCUT2D eigenvalue weighted by molar-refractivity contribution is 0.0634. The largest absolute Gasteiger partial charge is 0.378 e. The minimum Gasteiger partial charge on any atom is -0.378 e. The Morgan fingerprint density at radius 2 is 1.83 bits per heavy atom. The first-order valence-corrected chi connectivity index (χ1v) is 9.95. The molecule has 152 valence electrons. The molecule has 29 heavy (non-hydrogen) atoms. The van der Waals surface area contributed by atoms with Crippen LogP contribution in [0.3, 0.4) is 0 Å². The molecule has 1 fully saturated rings. The molecule has 1 saturated heterocycles. The second-order valence-electron chi connectivity index (χ2n) is 7.22. The molecule has 0 aliphatic carbocycles. The monoisotopic (exact) mass is 394 g/mol. The van der Waals surface area contributed by atoms with Gasteiger partial charge in [0.25, 0.3) is 5.91 Å². The first-order chi connectivity index (χ1) is 14.1. The van der Waals surface area contributed by atoms with Crippen LogP contribution in [-0.4, -0.2) is 75.4 Å². The number of nitrogens with zero attached hydrogens (tertiary/aromatic N) is 6. The van der Waals surface area contributed by atoms with E-state index >= 15 is 0 Å². The highest BCUT2D eigenvalue weighted by molar-refractivity contribution is 5.93. The molecule has 0 saturated carbocycles. The molecule has 0 unspecified atom stereocenters. The predicted octanol–water partition coefficient (Wildman–Crippen LogP) is 2.02. The van der Waals surface area contributed by atoms with Gasteiger partial charge in [-0.25, -0.2) is 4.52 Å². The topological polar surface area (TPSA) is 75.9 Å². The van der Waals surface area contributed by atoms with Gasteiger partial charge in [-0.05, 0) is 19.0 Å². The fourth-order valence-corrected chi connectivity index (χ4v) is 3.80. The average molecular weight is 394 g/mol. The van der Waals surface area contributed by atoms with E-state index in [0.717, 1.165) is 36.5 Å². The lowest BCUT2D eigenvalue weighted by atomic mass is 10.1. The Balaban J connectivity index is 1.74. The summed E-state index contributed by atoms with van der Waals surface area (Å²) in [4.78, 5) is 17.3. The van der Waals surface area contributed by atoms with E-state index in [1.807, 2.05) is 42.2 Å². The maximum atomic E-state index is 13.1. The number of carbonyl (C=O) groups excluding carboxylic acids is 1. The number of likely N-dealkylation sites (N-methyl/N-ethyl adjacent to an activating group) is 1. The van der Waals surface area contributed by atoms with Crippen molar-refractivity contribution in [2.24, 2.45) is 0 Å². The number of hydrogen-bond acceptors (Lipinski definition) is 6. The van der Waals surface area contributed by atoms with Crippen LogP contribution in [0.25, 0.3) is 16.8 Å². The Labute approximate surface area is 170 Å². The van der Waals surface area contributed by atoms with Gasteiger partial charge < -0.3 is 14.5 Å². The number of aryl methyl sites for hydroxylation is 1. The Morgan fingerprint density at radius 1 is 1.10 bits per heavy atom.